The van der Waals surface area contributed by atoms with Gasteiger partial charge in [0.1, 0.15) is 11.9 Å². The van der Waals surface area contributed by atoms with Crippen molar-refractivity contribution in [3.8, 4) is 5.75 Å². The van der Waals surface area contributed by atoms with Crippen molar-refractivity contribution in [1.82, 2.24) is 0 Å². The number of rotatable bonds is 3. The van der Waals surface area contributed by atoms with Crippen LogP contribution in [0.4, 0.5) is 5.69 Å². The van der Waals surface area contributed by atoms with Crippen molar-refractivity contribution < 1.29 is 14.6 Å². The van der Waals surface area contributed by atoms with Crippen molar-refractivity contribution in [3.05, 3.63) is 59.2 Å². The Bertz CT molecular complexity index is 696. The highest BCUT2D eigenvalue weighted by Gasteiger charge is 2.25. The molecule has 0 bridgehead atoms. The number of anilines is 1. The zero-order valence-electron chi connectivity index (χ0n) is 12.0. The SMILES string of the molecule is COc1ccccc1C(O)c1ccc2c(c1)CC(=O)N2C. The predicted octanol–water partition coefficient (Wildman–Crippen LogP) is 2.30. The van der Waals surface area contributed by atoms with E-state index in [-0.39, 0.29) is 5.91 Å². The van der Waals surface area contributed by atoms with Crippen molar-refractivity contribution in [1.29, 1.82) is 0 Å². The van der Waals surface area contributed by atoms with Gasteiger partial charge in [-0.05, 0) is 23.3 Å². The molecule has 21 heavy (non-hydrogen) atoms. The number of aliphatic hydroxyl groups is 1. The summed E-state index contributed by atoms with van der Waals surface area (Å²) >= 11 is 0. The molecule has 1 aliphatic rings. The molecule has 2 aromatic carbocycles. The van der Waals surface area contributed by atoms with Crippen LogP contribution in [0.15, 0.2) is 42.5 Å². The van der Waals surface area contributed by atoms with Crippen LogP contribution in [0.2, 0.25) is 0 Å². The zero-order chi connectivity index (χ0) is 15.0. The number of fused-ring (bicyclic) bond motifs is 1. The highest BCUT2D eigenvalue weighted by molar-refractivity contribution is 6.00. The number of nitrogens with zero attached hydrogens (tertiary/aromatic N) is 1. The molecule has 1 unspecified atom stereocenters. The summed E-state index contributed by atoms with van der Waals surface area (Å²) < 4.78 is 5.29. The molecule has 1 N–H and O–H groups in total. The second-order valence-corrected chi connectivity index (χ2v) is 5.16. The molecule has 108 valence electrons. The van der Waals surface area contributed by atoms with Gasteiger partial charge >= 0.3 is 0 Å². The van der Waals surface area contributed by atoms with Gasteiger partial charge < -0.3 is 14.7 Å². The summed E-state index contributed by atoms with van der Waals surface area (Å²) in [6, 6.07) is 13.0. The first-order chi connectivity index (χ1) is 10.1. The number of carbonyl (C=O) groups is 1. The van der Waals surface area contributed by atoms with Crippen LogP contribution < -0.4 is 9.64 Å². The Hall–Kier alpha value is -2.33. The molecule has 4 nitrogen and oxygen atoms in total. The van der Waals surface area contributed by atoms with E-state index in [0.29, 0.717) is 12.2 Å². The lowest BCUT2D eigenvalue weighted by atomic mass is 9.98. The molecule has 1 heterocycles. The largest absolute Gasteiger partial charge is 0.496 e. The van der Waals surface area contributed by atoms with E-state index in [4.69, 9.17) is 4.74 Å². The average molecular weight is 283 g/mol. The summed E-state index contributed by atoms with van der Waals surface area (Å²) in [5.74, 6) is 0.729. The van der Waals surface area contributed by atoms with Crippen LogP contribution in [0.3, 0.4) is 0 Å². The smallest absolute Gasteiger partial charge is 0.231 e. The Balaban J connectivity index is 1.98. The topological polar surface area (TPSA) is 49.8 Å². The van der Waals surface area contributed by atoms with E-state index in [1.165, 1.54) is 0 Å². The lowest BCUT2D eigenvalue weighted by Gasteiger charge is -2.16. The van der Waals surface area contributed by atoms with Crippen LogP contribution in [-0.4, -0.2) is 25.2 Å². The van der Waals surface area contributed by atoms with Gasteiger partial charge in [0.05, 0.1) is 13.5 Å². The van der Waals surface area contributed by atoms with Crippen molar-refractivity contribution in [2.75, 3.05) is 19.1 Å². The van der Waals surface area contributed by atoms with Gasteiger partial charge in [0, 0.05) is 18.3 Å². The number of amides is 1. The molecule has 1 aliphatic heterocycles. The number of likely N-dealkylation sites (N-methyl/N-ethyl adjacent to an activating group) is 1. The Labute approximate surface area is 123 Å². The summed E-state index contributed by atoms with van der Waals surface area (Å²) in [6.45, 7) is 0. The summed E-state index contributed by atoms with van der Waals surface area (Å²) in [7, 11) is 3.35. The third kappa shape index (κ3) is 2.28. The maximum Gasteiger partial charge on any atom is 0.231 e. The van der Waals surface area contributed by atoms with Crippen molar-refractivity contribution in [2.24, 2.45) is 0 Å². The molecular formula is C17H17NO3. The van der Waals surface area contributed by atoms with Crippen LogP contribution in [-0.2, 0) is 11.2 Å². The van der Waals surface area contributed by atoms with Gasteiger partial charge in [-0.1, -0.05) is 30.3 Å². The fourth-order valence-electron chi connectivity index (χ4n) is 2.73. The number of methoxy groups -OCH3 is 1. The lowest BCUT2D eigenvalue weighted by Crippen LogP contribution is -2.20. The van der Waals surface area contributed by atoms with Crippen LogP contribution in [0.25, 0.3) is 0 Å². The molecule has 0 saturated carbocycles. The molecule has 1 amide bonds. The Morgan fingerprint density at radius 1 is 1.24 bits per heavy atom. The molecule has 1 atom stereocenters. The highest BCUT2D eigenvalue weighted by atomic mass is 16.5. The summed E-state index contributed by atoms with van der Waals surface area (Å²) in [5, 5.41) is 10.6. The maximum absolute atomic E-state index is 11.7. The molecule has 2 aromatic rings. The summed E-state index contributed by atoms with van der Waals surface area (Å²) in [4.78, 5) is 13.4. The van der Waals surface area contributed by atoms with Gasteiger partial charge in [-0.15, -0.1) is 0 Å². The number of benzene rings is 2. The second-order valence-electron chi connectivity index (χ2n) is 5.16. The van der Waals surface area contributed by atoms with Crippen molar-refractivity contribution in [2.45, 2.75) is 12.5 Å². The Morgan fingerprint density at radius 3 is 2.76 bits per heavy atom. The molecule has 0 spiro atoms. The normalized spacial score (nSPS) is 15.0. The van der Waals surface area contributed by atoms with Gasteiger partial charge in [-0.3, -0.25) is 4.79 Å². The van der Waals surface area contributed by atoms with Gasteiger partial charge in [0.2, 0.25) is 5.91 Å². The van der Waals surface area contributed by atoms with E-state index < -0.39 is 6.10 Å². The van der Waals surface area contributed by atoms with Gasteiger partial charge in [0.25, 0.3) is 0 Å². The number of para-hydroxylation sites is 1. The Kier molecular flexibility index (Phi) is 3.39. The molecule has 0 radical (unpaired) electrons. The van der Waals surface area contributed by atoms with Crippen LogP contribution in [0.5, 0.6) is 5.75 Å². The number of hydrogen-bond donors (Lipinski definition) is 1. The maximum atomic E-state index is 11.7. The minimum Gasteiger partial charge on any atom is -0.496 e. The number of aliphatic hydroxyl groups excluding tert-OH is 1. The molecule has 4 heteroatoms. The Morgan fingerprint density at radius 2 is 2.00 bits per heavy atom. The van der Waals surface area contributed by atoms with Gasteiger partial charge in [-0.2, -0.15) is 0 Å². The van der Waals surface area contributed by atoms with E-state index in [9.17, 15) is 9.90 Å². The second kappa shape index (κ2) is 5.22. The minimum absolute atomic E-state index is 0.0777. The lowest BCUT2D eigenvalue weighted by molar-refractivity contribution is -0.117. The van der Waals surface area contributed by atoms with Gasteiger partial charge in [-0.25, -0.2) is 0 Å². The number of hydrogen-bond acceptors (Lipinski definition) is 3. The van der Waals surface area contributed by atoms with E-state index in [1.807, 2.05) is 42.5 Å². The highest BCUT2D eigenvalue weighted by Crippen LogP contribution is 2.34. The minimum atomic E-state index is -0.771. The first-order valence-corrected chi connectivity index (χ1v) is 6.82. The van der Waals surface area contributed by atoms with Crippen molar-refractivity contribution >= 4 is 11.6 Å². The van der Waals surface area contributed by atoms with Crippen molar-refractivity contribution in [3.63, 3.8) is 0 Å². The predicted molar refractivity (Wildman–Crippen MR) is 80.6 cm³/mol. The van der Waals surface area contributed by atoms with E-state index in [0.717, 1.165) is 22.4 Å². The van der Waals surface area contributed by atoms with Crippen LogP contribution >= 0.6 is 0 Å². The standard InChI is InChI=1S/C17H17NO3/c1-18-14-8-7-11(9-12(14)10-16(18)19)17(20)13-5-3-4-6-15(13)21-2/h3-9,17,20H,10H2,1-2H3. The van der Waals surface area contributed by atoms with E-state index >= 15 is 0 Å². The molecule has 0 saturated heterocycles. The van der Waals surface area contributed by atoms with Crippen LogP contribution in [0.1, 0.15) is 22.8 Å². The third-order valence-corrected chi connectivity index (χ3v) is 3.93. The van der Waals surface area contributed by atoms with E-state index in [2.05, 4.69) is 0 Å². The van der Waals surface area contributed by atoms with Gasteiger partial charge in [0.15, 0.2) is 0 Å². The zero-order valence-corrected chi connectivity index (χ0v) is 12.0. The fourth-order valence-corrected chi connectivity index (χ4v) is 2.73. The summed E-state index contributed by atoms with van der Waals surface area (Å²) in [6.07, 6.45) is -0.384. The quantitative estimate of drug-likeness (QED) is 0.940. The fraction of sp³-hybridized carbons (Fsp3) is 0.235. The molecule has 0 aromatic heterocycles. The summed E-state index contributed by atoms with van der Waals surface area (Å²) in [5.41, 5.74) is 3.35. The molecule has 3 rings (SSSR count). The number of ether oxygens (including phenoxy) is 1. The molecular weight excluding hydrogens is 266 g/mol. The molecule has 0 fully saturated rings. The first-order valence-electron chi connectivity index (χ1n) is 6.82. The third-order valence-electron chi connectivity index (χ3n) is 3.93. The van der Waals surface area contributed by atoms with E-state index in [1.54, 1.807) is 19.1 Å². The van der Waals surface area contributed by atoms with Crippen LogP contribution in [0, 0.1) is 0 Å². The first kappa shape index (κ1) is 13.6. The number of carbonyl (C=O) groups excluding carboxylic acids is 1. The molecule has 0 aliphatic carbocycles. The monoisotopic (exact) mass is 283 g/mol. The average Bonchev–Trinajstić information content (AvgIpc) is 2.80.